The molecule has 0 aliphatic heterocycles. The first kappa shape index (κ1) is 11.0. The maximum Gasteiger partial charge on any atom is 0.169 e. The number of hydrogen-bond donors (Lipinski definition) is 1. The predicted octanol–water partition coefficient (Wildman–Crippen LogP) is 1.55. The third-order valence-corrected chi connectivity index (χ3v) is 3.59. The van der Waals surface area contributed by atoms with Crippen LogP contribution in [0.3, 0.4) is 0 Å². The number of nitrogens with one attached hydrogen (secondary N) is 1. The van der Waals surface area contributed by atoms with Gasteiger partial charge in [-0.3, -0.25) is 4.21 Å². The lowest BCUT2D eigenvalue weighted by Crippen LogP contribution is -2.00. The second kappa shape index (κ2) is 5.55. The molecule has 1 N–H and O–H groups in total. The lowest BCUT2D eigenvalue weighted by atomic mass is 10.1. The molecular formula is C11H13N3OS. The standard InChI is InChI=1S/C11H13N3OS/c15-16(11-9-12-14-13-11)8-4-7-10-5-2-1-3-6-10/h1-3,5-6,9H,4,7-8H2,(H,12,13,14). The molecule has 16 heavy (non-hydrogen) atoms. The summed E-state index contributed by atoms with van der Waals surface area (Å²) in [5.74, 6) is 0.626. The monoisotopic (exact) mass is 235 g/mol. The molecule has 0 spiro atoms. The van der Waals surface area contributed by atoms with Gasteiger partial charge in [0.05, 0.1) is 17.0 Å². The first-order valence-electron chi connectivity index (χ1n) is 5.14. The molecule has 1 aromatic heterocycles. The van der Waals surface area contributed by atoms with E-state index in [-0.39, 0.29) is 0 Å². The third kappa shape index (κ3) is 3.00. The van der Waals surface area contributed by atoms with Gasteiger partial charge in [0, 0.05) is 5.75 Å². The maximum absolute atomic E-state index is 11.7. The Hall–Kier alpha value is -1.49. The van der Waals surface area contributed by atoms with Gasteiger partial charge < -0.3 is 0 Å². The SMILES string of the molecule is O=S(CCCc1ccccc1)c1cn[nH]n1. The summed E-state index contributed by atoms with van der Waals surface area (Å²) in [6, 6.07) is 10.2. The number of aromatic nitrogens is 3. The van der Waals surface area contributed by atoms with Crippen molar-refractivity contribution in [1.29, 1.82) is 0 Å². The van der Waals surface area contributed by atoms with Crippen LogP contribution in [0.15, 0.2) is 41.6 Å². The summed E-state index contributed by atoms with van der Waals surface area (Å²) < 4.78 is 11.7. The number of benzene rings is 1. The molecule has 1 unspecified atom stereocenters. The van der Waals surface area contributed by atoms with Crippen LogP contribution < -0.4 is 0 Å². The summed E-state index contributed by atoms with van der Waals surface area (Å²) in [6.07, 6.45) is 3.35. The van der Waals surface area contributed by atoms with Crippen molar-refractivity contribution in [1.82, 2.24) is 15.4 Å². The van der Waals surface area contributed by atoms with Crippen LogP contribution in [0.25, 0.3) is 0 Å². The Labute approximate surface area is 96.5 Å². The van der Waals surface area contributed by atoms with Crippen molar-refractivity contribution in [3.63, 3.8) is 0 Å². The molecule has 5 heteroatoms. The number of aromatic amines is 1. The summed E-state index contributed by atoms with van der Waals surface area (Å²) in [5.41, 5.74) is 1.28. The summed E-state index contributed by atoms with van der Waals surface area (Å²) in [6.45, 7) is 0. The second-order valence-electron chi connectivity index (χ2n) is 3.45. The molecule has 0 aliphatic carbocycles. The molecule has 1 heterocycles. The van der Waals surface area contributed by atoms with Gasteiger partial charge in [-0.25, -0.2) is 0 Å². The highest BCUT2D eigenvalue weighted by molar-refractivity contribution is 7.84. The number of nitrogens with zero attached hydrogens (tertiary/aromatic N) is 2. The molecule has 0 bridgehead atoms. The fourth-order valence-electron chi connectivity index (χ4n) is 1.46. The lowest BCUT2D eigenvalue weighted by Gasteiger charge is -1.99. The summed E-state index contributed by atoms with van der Waals surface area (Å²) in [4.78, 5) is 0. The molecule has 4 nitrogen and oxygen atoms in total. The van der Waals surface area contributed by atoms with E-state index < -0.39 is 10.8 Å². The number of H-pyrrole nitrogens is 1. The molecule has 2 rings (SSSR count). The Balaban J connectivity index is 1.79. The molecule has 2 aromatic rings. The minimum absolute atomic E-state index is 0.535. The fourth-order valence-corrected chi connectivity index (χ4v) is 2.39. The molecule has 0 radical (unpaired) electrons. The quantitative estimate of drug-likeness (QED) is 0.855. The predicted molar refractivity (Wildman–Crippen MR) is 62.4 cm³/mol. The van der Waals surface area contributed by atoms with Gasteiger partial charge in [-0.05, 0) is 18.4 Å². The minimum atomic E-state index is -1.03. The zero-order valence-corrected chi connectivity index (χ0v) is 9.61. The highest BCUT2D eigenvalue weighted by Gasteiger charge is 2.05. The second-order valence-corrected chi connectivity index (χ2v) is 4.96. The van der Waals surface area contributed by atoms with Gasteiger partial charge in [0.25, 0.3) is 0 Å². The molecule has 1 aromatic carbocycles. The van der Waals surface area contributed by atoms with Gasteiger partial charge in [0.15, 0.2) is 5.03 Å². The molecular weight excluding hydrogens is 222 g/mol. The highest BCUT2D eigenvalue weighted by Crippen LogP contribution is 2.06. The third-order valence-electron chi connectivity index (χ3n) is 2.26. The Bertz CT molecular complexity index is 442. The summed E-state index contributed by atoms with van der Waals surface area (Å²) in [5, 5.41) is 10.4. The Morgan fingerprint density at radius 1 is 1.25 bits per heavy atom. The number of hydrogen-bond acceptors (Lipinski definition) is 3. The van der Waals surface area contributed by atoms with Gasteiger partial charge in [-0.15, -0.1) is 5.10 Å². The van der Waals surface area contributed by atoms with Gasteiger partial charge >= 0.3 is 0 Å². The first-order valence-corrected chi connectivity index (χ1v) is 6.46. The van der Waals surface area contributed by atoms with Crippen LogP contribution in [0.5, 0.6) is 0 Å². The van der Waals surface area contributed by atoms with Gasteiger partial charge in [0.2, 0.25) is 0 Å². The van der Waals surface area contributed by atoms with Crippen molar-refractivity contribution >= 4 is 10.8 Å². The van der Waals surface area contributed by atoms with E-state index in [4.69, 9.17) is 0 Å². The van der Waals surface area contributed by atoms with Crippen LogP contribution in [-0.2, 0) is 17.2 Å². The molecule has 0 saturated carbocycles. The molecule has 0 saturated heterocycles. The average molecular weight is 235 g/mol. The number of aryl methyl sites for hydroxylation is 1. The fraction of sp³-hybridized carbons (Fsp3) is 0.273. The van der Waals surface area contributed by atoms with E-state index in [0.717, 1.165) is 12.8 Å². The molecule has 0 aliphatic rings. The zero-order chi connectivity index (χ0) is 11.2. The van der Waals surface area contributed by atoms with Crippen molar-refractivity contribution in [3.05, 3.63) is 42.1 Å². The van der Waals surface area contributed by atoms with E-state index in [9.17, 15) is 4.21 Å². The number of rotatable bonds is 5. The molecule has 0 amide bonds. The normalized spacial score (nSPS) is 12.5. The summed E-state index contributed by atoms with van der Waals surface area (Å²) >= 11 is 0. The molecule has 84 valence electrons. The van der Waals surface area contributed by atoms with E-state index in [1.165, 1.54) is 11.8 Å². The smallest absolute Gasteiger partial charge is 0.169 e. The van der Waals surface area contributed by atoms with Crippen molar-refractivity contribution in [3.8, 4) is 0 Å². The largest absolute Gasteiger partial charge is 0.253 e. The first-order chi connectivity index (χ1) is 7.86. The molecule has 1 atom stereocenters. The lowest BCUT2D eigenvalue weighted by molar-refractivity contribution is 0.677. The van der Waals surface area contributed by atoms with Gasteiger partial charge in [-0.1, -0.05) is 30.3 Å². The van der Waals surface area contributed by atoms with Gasteiger partial charge in [-0.2, -0.15) is 10.3 Å². The van der Waals surface area contributed by atoms with Crippen LogP contribution in [0.4, 0.5) is 0 Å². The topological polar surface area (TPSA) is 58.6 Å². The van der Waals surface area contributed by atoms with Crippen molar-refractivity contribution in [2.45, 2.75) is 17.9 Å². The van der Waals surface area contributed by atoms with Crippen LogP contribution in [0, 0.1) is 0 Å². The Morgan fingerprint density at radius 3 is 2.75 bits per heavy atom. The average Bonchev–Trinajstić information content (AvgIpc) is 2.84. The minimum Gasteiger partial charge on any atom is -0.253 e. The van der Waals surface area contributed by atoms with Crippen LogP contribution in [-0.4, -0.2) is 25.4 Å². The highest BCUT2D eigenvalue weighted by atomic mass is 32.2. The summed E-state index contributed by atoms with van der Waals surface area (Å²) in [7, 11) is -1.03. The van der Waals surface area contributed by atoms with Crippen LogP contribution in [0.1, 0.15) is 12.0 Å². The maximum atomic E-state index is 11.7. The Kier molecular flexibility index (Phi) is 3.82. The Morgan fingerprint density at radius 2 is 2.06 bits per heavy atom. The van der Waals surface area contributed by atoms with E-state index in [1.807, 2.05) is 18.2 Å². The van der Waals surface area contributed by atoms with E-state index in [1.54, 1.807) is 0 Å². The van der Waals surface area contributed by atoms with Crippen molar-refractivity contribution < 1.29 is 4.21 Å². The molecule has 0 fully saturated rings. The van der Waals surface area contributed by atoms with Gasteiger partial charge in [0.1, 0.15) is 0 Å². The van der Waals surface area contributed by atoms with Crippen LogP contribution >= 0.6 is 0 Å². The zero-order valence-electron chi connectivity index (χ0n) is 8.80. The van der Waals surface area contributed by atoms with E-state index in [2.05, 4.69) is 27.5 Å². The van der Waals surface area contributed by atoms with Crippen molar-refractivity contribution in [2.24, 2.45) is 0 Å². The van der Waals surface area contributed by atoms with E-state index in [0.29, 0.717) is 10.8 Å². The van der Waals surface area contributed by atoms with Crippen LogP contribution in [0.2, 0.25) is 0 Å². The van der Waals surface area contributed by atoms with E-state index >= 15 is 0 Å². The van der Waals surface area contributed by atoms with Crippen molar-refractivity contribution in [2.75, 3.05) is 5.75 Å².